The summed E-state index contributed by atoms with van der Waals surface area (Å²) in [6.45, 7) is 2.37. The number of amides is 1. The summed E-state index contributed by atoms with van der Waals surface area (Å²) in [6.07, 6.45) is 0. The maximum Gasteiger partial charge on any atom is 0.294 e. The Bertz CT molecular complexity index is 1070. The summed E-state index contributed by atoms with van der Waals surface area (Å²) < 4.78 is 63.9. The van der Waals surface area contributed by atoms with Crippen molar-refractivity contribution >= 4 is 42.6 Å². The molecule has 0 aromatic heterocycles. The van der Waals surface area contributed by atoms with E-state index in [4.69, 9.17) is 0 Å². The van der Waals surface area contributed by atoms with Gasteiger partial charge in [0, 0.05) is 17.9 Å². The lowest BCUT2D eigenvalue weighted by Crippen LogP contribution is -2.09. The maximum absolute atomic E-state index is 11.4. The first kappa shape index (κ1) is 18.1. The van der Waals surface area contributed by atoms with Crippen molar-refractivity contribution in [3.8, 4) is 5.75 Å². The molecule has 0 heterocycles. The monoisotopic (exact) mass is 375 g/mol. The van der Waals surface area contributed by atoms with Crippen LogP contribution in [0.4, 0.5) is 5.69 Å². The molecule has 0 unspecified atom stereocenters. The minimum atomic E-state index is -4.69. The number of carbonyl (C=O) groups excluding carboxylic acids is 1. The van der Waals surface area contributed by atoms with E-state index in [-0.39, 0.29) is 22.0 Å². The zero-order valence-corrected chi connectivity index (χ0v) is 14.1. The molecule has 0 fully saturated rings. The number of fused-ring (bicyclic) bond motifs is 1. The number of aromatic hydroxyl groups is 1. The molecule has 0 saturated carbocycles. The highest BCUT2D eigenvalue weighted by Crippen LogP contribution is 2.39. The van der Waals surface area contributed by atoms with Crippen molar-refractivity contribution < 1.29 is 35.8 Å². The Morgan fingerprint density at radius 1 is 1.04 bits per heavy atom. The van der Waals surface area contributed by atoms with Crippen LogP contribution in [0.15, 0.2) is 28.0 Å². The highest BCUT2D eigenvalue weighted by atomic mass is 32.2. The third-order valence-electron chi connectivity index (χ3n) is 3.28. The Balaban J connectivity index is 3.04. The molecule has 0 spiro atoms. The molecule has 130 valence electrons. The Morgan fingerprint density at radius 3 is 2.08 bits per heavy atom. The van der Waals surface area contributed by atoms with Crippen molar-refractivity contribution in [2.45, 2.75) is 23.6 Å². The normalized spacial score (nSPS) is 12.3. The second kappa shape index (κ2) is 5.70. The van der Waals surface area contributed by atoms with Gasteiger partial charge in [0.25, 0.3) is 20.2 Å². The Labute approximate surface area is 137 Å². The number of phenols is 1. The van der Waals surface area contributed by atoms with Crippen molar-refractivity contribution in [1.82, 2.24) is 0 Å². The number of rotatable bonds is 3. The topological polar surface area (TPSA) is 158 Å². The van der Waals surface area contributed by atoms with Crippen LogP contribution < -0.4 is 5.32 Å². The van der Waals surface area contributed by atoms with E-state index in [1.807, 2.05) is 0 Å². The lowest BCUT2D eigenvalue weighted by Gasteiger charge is -2.14. The van der Waals surface area contributed by atoms with Gasteiger partial charge in [0.2, 0.25) is 5.91 Å². The van der Waals surface area contributed by atoms with Crippen molar-refractivity contribution in [2.24, 2.45) is 0 Å². The van der Waals surface area contributed by atoms with Crippen LogP contribution >= 0.6 is 0 Å². The molecule has 2 aromatic carbocycles. The van der Waals surface area contributed by atoms with Gasteiger partial charge < -0.3 is 10.4 Å². The van der Waals surface area contributed by atoms with Gasteiger partial charge in [-0.3, -0.25) is 13.9 Å². The van der Waals surface area contributed by atoms with Gasteiger partial charge in [-0.25, -0.2) is 0 Å². The molecule has 0 bridgehead atoms. The fourth-order valence-electron chi connectivity index (χ4n) is 2.27. The van der Waals surface area contributed by atoms with Gasteiger partial charge >= 0.3 is 0 Å². The number of benzene rings is 2. The zero-order chi connectivity index (χ0) is 18.4. The summed E-state index contributed by atoms with van der Waals surface area (Å²) >= 11 is 0. The van der Waals surface area contributed by atoms with Gasteiger partial charge in [-0.15, -0.1) is 0 Å². The summed E-state index contributed by atoms with van der Waals surface area (Å²) in [5.74, 6) is -1.15. The van der Waals surface area contributed by atoms with E-state index in [2.05, 4.69) is 5.32 Å². The van der Waals surface area contributed by atoms with Crippen molar-refractivity contribution in [1.29, 1.82) is 0 Å². The highest BCUT2D eigenvalue weighted by Gasteiger charge is 2.23. The maximum atomic E-state index is 11.4. The largest absolute Gasteiger partial charge is 0.507 e. The lowest BCUT2D eigenvalue weighted by molar-refractivity contribution is -0.114. The molecule has 2 rings (SSSR count). The van der Waals surface area contributed by atoms with Crippen LogP contribution in [-0.4, -0.2) is 37.0 Å². The van der Waals surface area contributed by atoms with Crippen LogP contribution in [0.25, 0.3) is 10.8 Å². The van der Waals surface area contributed by atoms with Crippen LogP contribution in [0, 0.1) is 6.92 Å². The third kappa shape index (κ3) is 3.33. The van der Waals surface area contributed by atoms with E-state index in [9.17, 15) is 35.8 Å². The van der Waals surface area contributed by atoms with Crippen molar-refractivity contribution in [3.05, 3.63) is 23.8 Å². The summed E-state index contributed by atoms with van der Waals surface area (Å²) in [5, 5.41) is 12.4. The molecule has 1 amide bonds. The van der Waals surface area contributed by atoms with E-state index in [0.717, 1.165) is 25.1 Å². The average Bonchev–Trinajstić information content (AvgIpc) is 2.39. The molecule has 0 aliphatic heterocycles. The quantitative estimate of drug-likeness (QED) is 0.584. The molecule has 24 heavy (non-hydrogen) atoms. The van der Waals surface area contributed by atoms with Crippen molar-refractivity contribution in [2.75, 3.05) is 5.32 Å². The number of hydrogen-bond donors (Lipinski definition) is 4. The van der Waals surface area contributed by atoms with Gasteiger partial charge in [0.15, 0.2) is 0 Å². The molecule has 0 radical (unpaired) electrons. The van der Waals surface area contributed by atoms with Crippen molar-refractivity contribution in [3.63, 3.8) is 0 Å². The van der Waals surface area contributed by atoms with E-state index < -0.39 is 41.7 Å². The highest BCUT2D eigenvalue weighted by molar-refractivity contribution is 7.86. The number of hydrogen-bond acceptors (Lipinski definition) is 6. The van der Waals surface area contributed by atoms with E-state index in [1.54, 1.807) is 0 Å². The fraction of sp³-hybridized carbons (Fsp3) is 0.154. The molecule has 0 atom stereocenters. The molecule has 11 heteroatoms. The molecule has 4 N–H and O–H groups in total. The fourth-order valence-corrected chi connectivity index (χ4v) is 3.58. The lowest BCUT2D eigenvalue weighted by atomic mass is 10.0. The van der Waals surface area contributed by atoms with Gasteiger partial charge in [-0.05, 0) is 30.5 Å². The first-order valence-corrected chi connectivity index (χ1v) is 9.23. The van der Waals surface area contributed by atoms with Crippen LogP contribution in [0.3, 0.4) is 0 Å². The molecule has 0 saturated heterocycles. The second-order valence-electron chi connectivity index (χ2n) is 5.05. The van der Waals surface area contributed by atoms with E-state index in [1.165, 1.54) is 6.92 Å². The summed E-state index contributed by atoms with van der Waals surface area (Å²) in [4.78, 5) is 10.0. The van der Waals surface area contributed by atoms with E-state index in [0.29, 0.717) is 0 Å². The number of anilines is 1. The Kier molecular flexibility index (Phi) is 4.31. The smallest absolute Gasteiger partial charge is 0.294 e. The van der Waals surface area contributed by atoms with Gasteiger partial charge in [-0.1, -0.05) is 0 Å². The molecule has 0 aliphatic carbocycles. The first-order valence-electron chi connectivity index (χ1n) is 6.35. The zero-order valence-electron chi connectivity index (χ0n) is 12.4. The van der Waals surface area contributed by atoms with Gasteiger partial charge in [-0.2, -0.15) is 16.8 Å². The van der Waals surface area contributed by atoms with Crippen LogP contribution in [0.5, 0.6) is 5.75 Å². The summed E-state index contributed by atoms with van der Waals surface area (Å²) in [6, 6.07) is 2.76. The Morgan fingerprint density at radius 2 is 1.62 bits per heavy atom. The predicted molar refractivity (Wildman–Crippen MR) is 84.3 cm³/mol. The van der Waals surface area contributed by atoms with Crippen LogP contribution in [0.2, 0.25) is 0 Å². The minimum absolute atomic E-state index is 0.0394. The van der Waals surface area contributed by atoms with E-state index >= 15 is 0 Å². The second-order valence-corrected chi connectivity index (χ2v) is 7.86. The molecule has 9 nitrogen and oxygen atoms in total. The first-order chi connectivity index (χ1) is 10.8. The third-order valence-corrected chi connectivity index (χ3v) is 5.09. The van der Waals surface area contributed by atoms with Crippen LogP contribution in [-0.2, 0) is 25.0 Å². The standard InChI is InChI=1S/C13H13NO8S2/c1-6-11(24(20,21)22)4-8-3-9(23(17,18)19)5-10(14-7(2)15)12(8)13(6)16/h3-5,16H,1-2H3,(H,14,15)(H,17,18,19)(H,20,21,22). The minimum Gasteiger partial charge on any atom is -0.507 e. The number of carbonyl (C=O) groups is 1. The predicted octanol–water partition coefficient (Wildman–Crippen LogP) is 1.31. The average molecular weight is 375 g/mol. The Hall–Kier alpha value is -2.21. The molecular weight excluding hydrogens is 362 g/mol. The number of phenolic OH excluding ortho intramolecular Hbond substituents is 1. The summed E-state index contributed by atoms with van der Waals surface area (Å²) in [5.41, 5.74) is -0.327. The molecular formula is C13H13NO8S2. The number of nitrogens with one attached hydrogen (secondary N) is 1. The van der Waals surface area contributed by atoms with Gasteiger partial charge in [0.05, 0.1) is 10.6 Å². The van der Waals surface area contributed by atoms with Gasteiger partial charge in [0.1, 0.15) is 10.6 Å². The van der Waals surface area contributed by atoms with Crippen LogP contribution in [0.1, 0.15) is 12.5 Å². The summed E-state index contributed by atoms with van der Waals surface area (Å²) in [7, 11) is -9.36. The SMILES string of the molecule is CC(=O)Nc1cc(S(=O)(=O)O)cc2cc(S(=O)(=O)O)c(C)c(O)c12. The molecule has 2 aromatic rings. The molecule has 0 aliphatic rings.